The number of amides is 3. The molecular formula is C20H23N5O5S. The van der Waals surface area contributed by atoms with Crippen LogP contribution < -0.4 is 16.0 Å². The Morgan fingerprint density at radius 1 is 1.23 bits per heavy atom. The van der Waals surface area contributed by atoms with Gasteiger partial charge in [-0.05, 0) is 35.9 Å². The van der Waals surface area contributed by atoms with E-state index in [9.17, 15) is 22.8 Å². The van der Waals surface area contributed by atoms with E-state index in [1.807, 2.05) is 0 Å². The number of nitrogens with zero attached hydrogens (tertiary/aromatic N) is 2. The minimum absolute atomic E-state index is 0.0305. The number of carbonyl (C=O) groups is 3. The average molecular weight is 446 g/mol. The van der Waals surface area contributed by atoms with Gasteiger partial charge in [0.1, 0.15) is 6.04 Å². The summed E-state index contributed by atoms with van der Waals surface area (Å²) >= 11 is 0. The smallest absolute Gasteiger partial charge is 0.243 e. The fraction of sp³-hybridized carbons (Fsp3) is 0.300. The zero-order valence-corrected chi connectivity index (χ0v) is 17.7. The highest BCUT2D eigenvalue weighted by Crippen LogP contribution is 2.23. The maximum absolute atomic E-state index is 13.2. The predicted octanol–water partition coefficient (Wildman–Crippen LogP) is 0.236. The van der Waals surface area contributed by atoms with E-state index in [0.29, 0.717) is 5.69 Å². The molecule has 2 heterocycles. The zero-order chi connectivity index (χ0) is 22.4. The van der Waals surface area contributed by atoms with Crippen LogP contribution in [0.4, 0.5) is 5.69 Å². The Morgan fingerprint density at radius 2 is 1.97 bits per heavy atom. The second-order valence-electron chi connectivity index (χ2n) is 6.97. The molecule has 3 rings (SSSR count). The standard InChI is InChI=1S/C20H23N5O5S/c1-14(26)24-16-4-6-17(7-5-16)31(29,30)25-10-9-22-20(28)18(25)11-19(27)23-13-15-3-2-8-21-12-15/h2-8,12,18H,9-11,13H2,1H3,(H,22,28)(H,23,27)(H,24,26)/t18-/m0/s1. The molecule has 164 valence electrons. The Kier molecular flexibility index (Phi) is 6.98. The second-order valence-corrected chi connectivity index (χ2v) is 8.86. The first-order valence-corrected chi connectivity index (χ1v) is 11.0. The van der Waals surface area contributed by atoms with E-state index in [1.165, 1.54) is 31.2 Å². The van der Waals surface area contributed by atoms with Crippen LogP contribution in [0.3, 0.4) is 0 Å². The van der Waals surface area contributed by atoms with Gasteiger partial charge in [0.15, 0.2) is 0 Å². The fourth-order valence-corrected chi connectivity index (χ4v) is 4.76. The molecule has 3 amide bonds. The van der Waals surface area contributed by atoms with Gasteiger partial charge in [0.05, 0.1) is 11.3 Å². The van der Waals surface area contributed by atoms with Crippen molar-refractivity contribution in [2.45, 2.75) is 30.8 Å². The molecule has 1 aromatic carbocycles. The van der Waals surface area contributed by atoms with E-state index in [-0.39, 0.29) is 36.9 Å². The summed E-state index contributed by atoms with van der Waals surface area (Å²) in [6.07, 6.45) is 2.91. The van der Waals surface area contributed by atoms with E-state index in [1.54, 1.807) is 24.5 Å². The third-order valence-corrected chi connectivity index (χ3v) is 6.58. The van der Waals surface area contributed by atoms with Crippen LogP contribution in [0.25, 0.3) is 0 Å². The summed E-state index contributed by atoms with van der Waals surface area (Å²) in [5.74, 6) is -1.26. The summed E-state index contributed by atoms with van der Waals surface area (Å²) in [4.78, 5) is 39.9. The lowest BCUT2D eigenvalue weighted by Crippen LogP contribution is -2.58. The zero-order valence-electron chi connectivity index (χ0n) is 16.9. The molecular weight excluding hydrogens is 422 g/mol. The van der Waals surface area contributed by atoms with E-state index in [4.69, 9.17) is 0 Å². The number of carbonyl (C=O) groups excluding carboxylic acids is 3. The number of hydrogen-bond donors (Lipinski definition) is 3. The lowest BCUT2D eigenvalue weighted by Gasteiger charge is -2.33. The molecule has 1 atom stereocenters. The SMILES string of the molecule is CC(=O)Nc1ccc(S(=O)(=O)N2CCNC(=O)[C@@H]2CC(=O)NCc2cccnc2)cc1. The van der Waals surface area contributed by atoms with Crippen LogP contribution in [0.1, 0.15) is 18.9 Å². The number of anilines is 1. The monoisotopic (exact) mass is 445 g/mol. The van der Waals surface area contributed by atoms with Crippen LogP contribution in [0, 0.1) is 0 Å². The van der Waals surface area contributed by atoms with Crippen LogP contribution in [-0.2, 0) is 31.0 Å². The highest BCUT2D eigenvalue weighted by Gasteiger charge is 2.39. The van der Waals surface area contributed by atoms with Crippen molar-refractivity contribution in [3.63, 3.8) is 0 Å². The molecule has 10 nitrogen and oxygen atoms in total. The number of piperazine rings is 1. The van der Waals surface area contributed by atoms with Crippen molar-refractivity contribution in [2.75, 3.05) is 18.4 Å². The Balaban J connectivity index is 1.73. The second kappa shape index (κ2) is 9.67. The quantitative estimate of drug-likeness (QED) is 0.558. The maximum atomic E-state index is 13.2. The Hall–Kier alpha value is -3.31. The predicted molar refractivity (Wildman–Crippen MR) is 112 cm³/mol. The molecule has 1 fully saturated rings. The normalized spacial score (nSPS) is 16.9. The molecule has 0 bridgehead atoms. The molecule has 1 saturated heterocycles. The summed E-state index contributed by atoms with van der Waals surface area (Å²) in [6.45, 7) is 1.76. The molecule has 11 heteroatoms. The van der Waals surface area contributed by atoms with Gasteiger partial charge < -0.3 is 16.0 Å². The van der Waals surface area contributed by atoms with Gasteiger partial charge in [-0.3, -0.25) is 19.4 Å². The van der Waals surface area contributed by atoms with Crippen molar-refractivity contribution in [1.82, 2.24) is 19.9 Å². The first kappa shape index (κ1) is 22.4. The van der Waals surface area contributed by atoms with Gasteiger partial charge >= 0.3 is 0 Å². The number of benzene rings is 1. The Labute approximate surface area is 180 Å². The van der Waals surface area contributed by atoms with Crippen LogP contribution in [-0.4, -0.2) is 54.6 Å². The highest BCUT2D eigenvalue weighted by atomic mass is 32.2. The van der Waals surface area contributed by atoms with Gasteiger partial charge in [0, 0.05) is 44.6 Å². The van der Waals surface area contributed by atoms with Gasteiger partial charge in [0.2, 0.25) is 27.7 Å². The van der Waals surface area contributed by atoms with Gasteiger partial charge in [-0.15, -0.1) is 0 Å². The van der Waals surface area contributed by atoms with E-state index < -0.39 is 27.9 Å². The number of sulfonamides is 1. The van der Waals surface area contributed by atoms with Crippen LogP contribution >= 0.6 is 0 Å². The van der Waals surface area contributed by atoms with Crippen molar-refractivity contribution in [2.24, 2.45) is 0 Å². The molecule has 0 radical (unpaired) electrons. The summed E-state index contributed by atoms with van der Waals surface area (Å²) in [5.41, 5.74) is 1.24. The number of rotatable bonds is 7. The third-order valence-electron chi connectivity index (χ3n) is 4.65. The summed E-state index contributed by atoms with van der Waals surface area (Å²) in [5, 5.41) is 7.86. The van der Waals surface area contributed by atoms with Crippen molar-refractivity contribution >= 4 is 33.4 Å². The molecule has 1 aliphatic heterocycles. The molecule has 1 aliphatic rings. The van der Waals surface area contributed by atoms with Crippen LogP contribution in [0.2, 0.25) is 0 Å². The fourth-order valence-electron chi connectivity index (χ4n) is 3.18. The number of hydrogen-bond acceptors (Lipinski definition) is 6. The minimum atomic E-state index is -4.03. The molecule has 0 unspecified atom stereocenters. The van der Waals surface area contributed by atoms with E-state index >= 15 is 0 Å². The van der Waals surface area contributed by atoms with Gasteiger partial charge in [0.25, 0.3) is 0 Å². The Morgan fingerprint density at radius 3 is 2.61 bits per heavy atom. The van der Waals surface area contributed by atoms with Gasteiger partial charge in [-0.1, -0.05) is 6.07 Å². The minimum Gasteiger partial charge on any atom is -0.353 e. The molecule has 31 heavy (non-hydrogen) atoms. The number of pyridine rings is 1. The molecule has 3 N–H and O–H groups in total. The maximum Gasteiger partial charge on any atom is 0.243 e. The summed E-state index contributed by atoms with van der Waals surface area (Å²) in [7, 11) is -4.03. The summed E-state index contributed by atoms with van der Waals surface area (Å²) in [6, 6.07) is 8.01. The van der Waals surface area contributed by atoms with Crippen molar-refractivity contribution in [1.29, 1.82) is 0 Å². The van der Waals surface area contributed by atoms with Gasteiger partial charge in [-0.2, -0.15) is 4.31 Å². The molecule has 0 spiro atoms. The average Bonchev–Trinajstić information content (AvgIpc) is 2.74. The van der Waals surface area contributed by atoms with Crippen molar-refractivity contribution < 1.29 is 22.8 Å². The first-order valence-electron chi connectivity index (χ1n) is 9.60. The van der Waals surface area contributed by atoms with Crippen molar-refractivity contribution in [3.05, 3.63) is 54.4 Å². The molecule has 0 saturated carbocycles. The van der Waals surface area contributed by atoms with E-state index in [0.717, 1.165) is 9.87 Å². The lowest BCUT2D eigenvalue weighted by molar-refractivity contribution is -0.131. The largest absolute Gasteiger partial charge is 0.353 e. The van der Waals surface area contributed by atoms with Crippen molar-refractivity contribution in [3.8, 4) is 0 Å². The lowest BCUT2D eigenvalue weighted by atomic mass is 10.1. The topological polar surface area (TPSA) is 138 Å². The van der Waals surface area contributed by atoms with E-state index in [2.05, 4.69) is 20.9 Å². The highest BCUT2D eigenvalue weighted by molar-refractivity contribution is 7.89. The molecule has 0 aliphatic carbocycles. The molecule has 1 aromatic heterocycles. The molecule has 2 aromatic rings. The van der Waals surface area contributed by atoms with Crippen LogP contribution in [0.5, 0.6) is 0 Å². The van der Waals surface area contributed by atoms with Gasteiger partial charge in [-0.25, -0.2) is 8.42 Å². The third kappa shape index (κ3) is 5.64. The number of aromatic nitrogens is 1. The van der Waals surface area contributed by atoms with Crippen LogP contribution in [0.15, 0.2) is 53.7 Å². The number of nitrogens with one attached hydrogen (secondary N) is 3. The summed E-state index contributed by atoms with van der Waals surface area (Å²) < 4.78 is 27.4. The first-order chi connectivity index (χ1) is 14.8. The Bertz CT molecular complexity index is 1060.